The first-order valence-electron chi connectivity index (χ1n) is 6.62. The number of hydrogen-bond donors (Lipinski definition) is 2. The normalized spacial score (nSPS) is 13.4. The Labute approximate surface area is 117 Å². The van der Waals surface area contributed by atoms with E-state index in [9.17, 15) is 4.39 Å². The highest BCUT2D eigenvalue weighted by Gasteiger charge is 2.19. The first-order chi connectivity index (χ1) is 9.63. The molecule has 1 heterocycles. The molecule has 0 atom stereocenters. The summed E-state index contributed by atoms with van der Waals surface area (Å²) in [5, 5.41) is 18.3. The molecule has 2 aromatic carbocycles. The zero-order valence-corrected chi connectivity index (χ0v) is 11.0. The van der Waals surface area contributed by atoms with Crippen molar-refractivity contribution in [3.63, 3.8) is 0 Å². The maximum atomic E-state index is 13.5. The van der Waals surface area contributed by atoms with Crippen LogP contribution in [-0.4, -0.2) is 23.7 Å². The van der Waals surface area contributed by atoms with E-state index < -0.39 is 12.9 Å². The topological polar surface area (TPSA) is 43.7 Å². The summed E-state index contributed by atoms with van der Waals surface area (Å²) in [7, 11) is -1.64. The third-order valence-electron chi connectivity index (χ3n) is 3.63. The first kappa shape index (κ1) is 13.2. The molecule has 0 fully saturated rings. The summed E-state index contributed by atoms with van der Waals surface area (Å²) in [6, 6.07) is 12.4. The number of nitrogens with zero attached hydrogens (tertiary/aromatic N) is 1. The molecule has 5 heteroatoms. The van der Waals surface area contributed by atoms with E-state index >= 15 is 0 Å². The van der Waals surface area contributed by atoms with Crippen molar-refractivity contribution in [2.24, 2.45) is 0 Å². The number of fused-ring (bicyclic) bond motifs is 1. The summed E-state index contributed by atoms with van der Waals surface area (Å²) in [6.07, 6.45) is 0.987. The standard InChI is InChI=1S/C15H15BFNO2/c17-14-8-11(7-13(9-14)16(19)20)10-18-6-5-12-3-1-2-4-15(12)18/h1-4,7-9,19-20H,5-6,10H2. The smallest absolute Gasteiger partial charge is 0.423 e. The highest BCUT2D eigenvalue weighted by Crippen LogP contribution is 2.28. The molecule has 20 heavy (non-hydrogen) atoms. The Morgan fingerprint density at radius 1 is 1.15 bits per heavy atom. The summed E-state index contributed by atoms with van der Waals surface area (Å²) < 4.78 is 13.5. The fourth-order valence-corrected chi connectivity index (χ4v) is 2.71. The summed E-state index contributed by atoms with van der Waals surface area (Å²) in [5.41, 5.74) is 3.39. The molecule has 1 aliphatic rings. The van der Waals surface area contributed by atoms with Gasteiger partial charge in [-0.05, 0) is 41.2 Å². The predicted molar refractivity (Wildman–Crippen MR) is 77.4 cm³/mol. The van der Waals surface area contributed by atoms with Gasteiger partial charge < -0.3 is 14.9 Å². The molecule has 3 rings (SSSR count). The van der Waals surface area contributed by atoms with Crippen LogP contribution in [0.15, 0.2) is 42.5 Å². The summed E-state index contributed by atoms with van der Waals surface area (Å²) in [4.78, 5) is 2.18. The number of hydrogen-bond acceptors (Lipinski definition) is 3. The van der Waals surface area contributed by atoms with Crippen molar-refractivity contribution in [2.45, 2.75) is 13.0 Å². The van der Waals surface area contributed by atoms with Crippen molar-refractivity contribution in [2.75, 3.05) is 11.4 Å². The average molecular weight is 271 g/mol. The molecule has 0 aliphatic carbocycles. The molecule has 1 aliphatic heterocycles. The third-order valence-corrected chi connectivity index (χ3v) is 3.63. The van der Waals surface area contributed by atoms with E-state index in [1.165, 1.54) is 17.3 Å². The molecule has 0 unspecified atom stereocenters. The van der Waals surface area contributed by atoms with Crippen LogP contribution >= 0.6 is 0 Å². The van der Waals surface area contributed by atoms with Crippen molar-refractivity contribution in [1.82, 2.24) is 0 Å². The van der Waals surface area contributed by atoms with Crippen LogP contribution < -0.4 is 10.4 Å². The Hall–Kier alpha value is -1.85. The second-order valence-electron chi connectivity index (χ2n) is 5.07. The molecule has 0 saturated carbocycles. The Morgan fingerprint density at radius 3 is 2.75 bits per heavy atom. The van der Waals surface area contributed by atoms with Crippen molar-refractivity contribution in [1.29, 1.82) is 0 Å². The highest BCUT2D eigenvalue weighted by molar-refractivity contribution is 6.58. The lowest BCUT2D eigenvalue weighted by molar-refractivity contribution is 0.425. The number of rotatable bonds is 3. The zero-order valence-electron chi connectivity index (χ0n) is 11.0. The van der Waals surface area contributed by atoms with Gasteiger partial charge in [0, 0.05) is 18.8 Å². The largest absolute Gasteiger partial charge is 0.488 e. The maximum Gasteiger partial charge on any atom is 0.488 e. The minimum Gasteiger partial charge on any atom is -0.423 e. The van der Waals surface area contributed by atoms with E-state index in [2.05, 4.69) is 17.0 Å². The Bertz CT molecular complexity index is 633. The Morgan fingerprint density at radius 2 is 1.95 bits per heavy atom. The highest BCUT2D eigenvalue weighted by atomic mass is 19.1. The average Bonchev–Trinajstić information content (AvgIpc) is 2.82. The molecule has 102 valence electrons. The number of halogens is 1. The molecule has 0 amide bonds. The molecule has 0 radical (unpaired) electrons. The van der Waals surface area contributed by atoms with Crippen molar-refractivity contribution in [3.8, 4) is 0 Å². The summed E-state index contributed by atoms with van der Waals surface area (Å²) in [5.74, 6) is -0.446. The molecule has 0 bridgehead atoms. The number of anilines is 1. The van der Waals surface area contributed by atoms with Gasteiger partial charge in [-0.3, -0.25) is 0 Å². The van der Waals surface area contributed by atoms with Crippen LogP contribution in [0.5, 0.6) is 0 Å². The molecule has 0 spiro atoms. The molecule has 2 aromatic rings. The van der Waals surface area contributed by atoms with Crippen LogP contribution in [0.25, 0.3) is 0 Å². The van der Waals surface area contributed by atoms with E-state index in [0.717, 1.165) is 24.6 Å². The van der Waals surface area contributed by atoms with Gasteiger partial charge >= 0.3 is 7.12 Å². The van der Waals surface area contributed by atoms with E-state index in [4.69, 9.17) is 10.0 Å². The minimum atomic E-state index is -1.64. The lowest BCUT2D eigenvalue weighted by atomic mass is 9.79. The quantitative estimate of drug-likeness (QED) is 0.821. The van der Waals surface area contributed by atoms with E-state index in [1.807, 2.05) is 12.1 Å². The number of benzene rings is 2. The van der Waals surface area contributed by atoms with E-state index in [-0.39, 0.29) is 5.46 Å². The van der Waals surface area contributed by atoms with Gasteiger partial charge in [-0.15, -0.1) is 0 Å². The van der Waals surface area contributed by atoms with Gasteiger partial charge in [0.1, 0.15) is 5.82 Å². The summed E-state index contributed by atoms with van der Waals surface area (Å²) in [6.45, 7) is 1.46. The minimum absolute atomic E-state index is 0.187. The number of para-hydroxylation sites is 1. The summed E-state index contributed by atoms with van der Waals surface area (Å²) >= 11 is 0. The lowest BCUT2D eigenvalue weighted by Gasteiger charge is -2.20. The second-order valence-corrected chi connectivity index (χ2v) is 5.07. The fraction of sp³-hybridized carbons (Fsp3) is 0.200. The molecule has 2 N–H and O–H groups in total. The van der Waals surface area contributed by atoms with Crippen LogP contribution in [0.2, 0.25) is 0 Å². The third kappa shape index (κ3) is 2.55. The first-order valence-corrected chi connectivity index (χ1v) is 6.62. The molecular weight excluding hydrogens is 256 g/mol. The van der Waals surface area contributed by atoms with Crippen molar-refractivity contribution >= 4 is 18.3 Å². The molecular formula is C15H15BFNO2. The van der Waals surface area contributed by atoms with Crippen LogP contribution in [0, 0.1) is 5.82 Å². The van der Waals surface area contributed by atoms with Crippen LogP contribution in [0.4, 0.5) is 10.1 Å². The fourth-order valence-electron chi connectivity index (χ4n) is 2.71. The molecule has 3 nitrogen and oxygen atoms in total. The van der Waals surface area contributed by atoms with Gasteiger partial charge in [-0.1, -0.05) is 24.3 Å². The Balaban J connectivity index is 1.86. The van der Waals surface area contributed by atoms with Crippen LogP contribution in [-0.2, 0) is 13.0 Å². The zero-order chi connectivity index (χ0) is 14.1. The molecule has 0 aromatic heterocycles. The Kier molecular flexibility index (Phi) is 3.46. The van der Waals surface area contributed by atoms with Crippen LogP contribution in [0.3, 0.4) is 0 Å². The second kappa shape index (κ2) is 5.27. The van der Waals surface area contributed by atoms with Gasteiger partial charge in [0.2, 0.25) is 0 Å². The van der Waals surface area contributed by atoms with Crippen LogP contribution in [0.1, 0.15) is 11.1 Å². The predicted octanol–water partition coefficient (Wildman–Crippen LogP) is 1.07. The maximum absolute atomic E-state index is 13.5. The van der Waals surface area contributed by atoms with Gasteiger partial charge in [0.15, 0.2) is 0 Å². The molecule has 0 saturated heterocycles. The van der Waals surface area contributed by atoms with E-state index in [1.54, 1.807) is 6.07 Å². The van der Waals surface area contributed by atoms with Gasteiger partial charge in [-0.2, -0.15) is 0 Å². The van der Waals surface area contributed by atoms with Gasteiger partial charge in [-0.25, -0.2) is 4.39 Å². The van der Waals surface area contributed by atoms with E-state index in [0.29, 0.717) is 6.54 Å². The van der Waals surface area contributed by atoms with Crippen molar-refractivity contribution < 1.29 is 14.4 Å². The van der Waals surface area contributed by atoms with Gasteiger partial charge in [0.25, 0.3) is 0 Å². The van der Waals surface area contributed by atoms with Crippen molar-refractivity contribution in [3.05, 3.63) is 59.4 Å². The SMILES string of the molecule is OB(O)c1cc(F)cc(CN2CCc3ccccc32)c1. The van der Waals surface area contributed by atoms with Gasteiger partial charge in [0.05, 0.1) is 0 Å². The monoisotopic (exact) mass is 271 g/mol. The lowest BCUT2D eigenvalue weighted by Crippen LogP contribution is -2.31.